The molecule has 2 fully saturated rings. The molecule has 1 saturated heterocycles. The number of likely N-dealkylation sites (tertiary alicyclic amines) is 1. The van der Waals surface area contributed by atoms with Crippen LogP contribution >= 0.6 is 12.4 Å². The van der Waals surface area contributed by atoms with Crippen LogP contribution in [-0.4, -0.2) is 60.0 Å². The second kappa shape index (κ2) is 7.99. The van der Waals surface area contributed by atoms with Crippen molar-refractivity contribution in [2.75, 3.05) is 20.1 Å². The molecule has 0 bridgehead atoms. The molecule has 1 aliphatic carbocycles. The molecule has 1 aliphatic heterocycles. The lowest BCUT2D eigenvalue weighted by atomic mass is 9.88. The number of amides is 1. The van der Waals surface area contributed by atoms with Crippen molar-refractivity contribution in [2.45, 2.75) is 64.1 Å². The van der Waals surface area contributed by atoms with Gasteiger partial charge in [-0.3, -0.25) is 14.5 Å². The van der Waals surface area contributed by atoms with E-state index in [1.165, 1.54) is 19.8 Å². The van der Waals surface area contributed by atoms with Crippen LogP contribution in [0.1, 0.15) is 46.0 Å². The Balaban J connectivity index is 0.00000220. The smallest absolute Gasteiger partial charge is 0.302 e. The van der Waals surface area contributed by atoms with E-state index in [9.17, 15) is 9.59 Å². The molecule has 2 rings (SSSR count). The Labute approximate surface area is 133 Å². The van der Waals surface area contributed by atoms with Gasteiger partial charge in [0.2, 0.25) is 5.91 Å². The third kappa shape index (κ3) is 4.58. The molecular weight excluding hydrogens is 292 g/mol. The van der Waals surface area contributed by atoms with Crippen LogP contribution < -0.4 is 0 Å². The quantitative estimate of drug-likeness (QED) is 0.745. The Kier molecular flexibility index (Phi) is 6.94. The molecule has 0 aromatic carbocycles. The van der Waals surface area contributed by atoms with Crippen LogP contribution in [0.4, 0.5) is 0 Å². The van der Waals surface area contributed by atoms with Gasteiger partial charge in [0.25, 0.3) is 0 Å². The molecule has 2 aliphatic rings. The van der Waals surface area contributed by atoms with Crippen molar-refractivity contribution in [1.29, 1.82) is 0 Å². The maximum absolute atomic E-state index is 11.7. The summed E-state index contributed by atoms with van der Waals surface area (Å²) in [6.07, 6.45) is 5.57. The number of likely N-dealkylation sites (N-methyl/N-ethyl adjacent to an activating group) is 1. The summed E-state index contributed by atoms with van der Waals surface area (Å²) in [5.74, 6) is -0.0597. The zero-order valence-electron chi connectivity index (χ0n) is 13.2. The first-order chi connectivity index (χ1) is 9.49. The summed E-state index contributed by atoms with van der Waals surface area (Å²) >= 11 is 0. The molecular formula is C15H27ClN2O3. The summed E-state index contributed by atoms with van der Waals surface area (Å²) in [6.45, 7) is 4.88. The third-order valence-electron chi connectivity index (χ3n) is 4.67. The van der Waals surface area contributed by atoms with E-state index in [-0.39, 0.29) is 30.4 Å². The van der Waals surface area contributed by atoms with Crippen LogP contribution in [-0.2, 0) is 14.3 Å². The van der Waals surface area contributed by atoms with E-state index in [1.807, 2.05) is 11.9 Å². The molecule has 0 spiro atoms. The van der Waals surface area contributed by atoms with Crippen LogP contribution in [0.2, 0.25) is 0 Å². The highest BCUT2D eigenvalue weighted by Gasteiger charge is 2.37. The van der Waals surface area contributed by atoms with E-state index in [4.69, 9.17) is 4.74 Å². The van der Waals surface area contributed by atoms with Crippen LogP contribution in [0.15, 0.2) is 0 Å². The Morgan fingerprint density at radius 3 is 2.43 bits per heavy atom. The maximum Gasteiger partial charge on any atom is 0.302 e. The fourth-order valence-corrected chi connectivity index (χ4v) is 3.59. The predicted molar refractivity (Wildman–Crippen MR) is 83.5 cm³/mol. The number of carbonyl (C=O) groups excluding carboxylic acids is 2. The molecule has 6 heteroatoms. The lowest BCUT2D eigenvalue weighted by molar-refractivity contribution is -0.145. The van der Waals surface area contributed by atoms with Crippen molar-refractivity contribution < 1.29 is 14.3 Å². The first kappa shape index (κ1) is 18.2. The van der Waals surface area contributed by atoms with E-state index < -0.39 is 0 Å². The SMILES string of the molecule is CC(=O)OC1CCN(C2CCCCC2N(C)C(C)=O)C1.Cl. The zero-order valence-corrected chi connectivity index (χ0v) is 14.0. The summed E-state index contributed by atoms with van der Waals surface area (Å²) in [4.78, 5) is 27.0. The number of hydrogen-bond donors (Lipinski definition) is 0. The molecule has 122 valence electrons. The molecule has 0 aromatic heterocycles. The van der Waals surface area contributed by atoms with E-state index in [1.54, 1.807) is 6.92 Å². The van der Waals surface area contributed by atoms with E-state index in [2.05, 4.69) is 4.90 Å². The van der Waals surface area contributed by atoms with Crippen LogP contribution in [0.3, 0.4) is 0 Å². The van der Waals surface area contributed by atoms with Gasteiger partial charge in [0.15, 0.2) is 0 Å². The lowest BCUT2D eigenvalue weighted by Crippen LogP contribution is -2.53. The molecule has 0 radical (unpaired) electrons. The largest absolute Gasteiger partial charge is 0.461 e. The maximum atomic E-state index is 11.7. The summed E-state index contributed by atoms with van der Waals surface area (Å²) in [5.41, 5.74) is 0. The zero-order chi connectivity index (χ0) is 14.7. The summed E-state index contributed by atoms with van der Waals surface area (Å²) in [6, 6.07) is 0.718. The van der Waals surface area contributed by atoms with Gasteiger partial charge in [-0.05, 0) is 19.3 Å². The number of nitrogens with zero attached hydrogens (tertiary/aromatic N) is 2. The first-order valence-electron chi connectivity index (χ1n) is 7.63. The van der Waals surface area contributed by atoms with Crippen LogP contribution in [0.5, 0.6) is 0 Å². The molecule has 1 heterocycles. The molecule has 5 nitrogen and oxygen atoms in total. The molecule has 1 saturated carbocycles. The van der Waals surface area contributed by atoms with E-state index >= 15 is 0 Å². The normalized spacial score (nSPS) is 29.6. The fraction of sp³-hybridized carbons (Fsp3) is 0.867. The number of hydrogen-bond acceptors (Lipinski definition) is 4. The third-order valence-corrected chi connectivity index (χ3v) is 4.67. The van der Waals surface area contributed by atoms with Crippen molar-refractivity contribution in [1.82, 2.24) is 9.80 Å². The van der Waals surface area contributed by atoms with Gasteiger partial charge in [-0.15, -0.1) is 12.4 Å². The van der Waals surface area contributed by atoms with Crippen molar-refractivity contribution in [2.24, 2.45) is 0 Å². The van der Waals surface area contributed by atoms with E-state index in [0.717, 1.165) is 32.4 Å². The summed E-state index contributed by atoms with van der Waals surface area (Å²) in [7, 11) is 1.91. The second-order valence-corrected chi connectivity index (χ2v) is 6.06. The number of rotatable bonds is 3. The number of esters is 1. The first-order valence-corrected chi connectivity index (χ1v) is 7.63. The predicted octanol–water partition coefficient (Wildman–Crippen LogP) is 1.84. The van der Waals surface area contributed by atoms with Crippen molar-refractivity contribution in [3.63, 3.8) is 0 Å². The monoisotopic (exact) mass is 318 g/mol. The van der Waals surface area contributed by atoms with Crippen LogP contribution in [0, 0.1) is 0 Å². The molecule has 3 atom stereocenters. The highest BCUT2D eigenvalue weighted by molar-refractivity contribution is 5.85. The van der Waals surface area contributed by atoms with Crippen molar-refractivity contribution in [3.05, 3.63) is 0 Å². The minimum absolute atomic E-state index is 0. The Hall–Kier alpha value is -0.810. The molecule has 3 unspecified atom stereocenters. The molecule has 0 aromatic rings. The minimum atomic E-state index is -0.196. The average molecular weight is 319 g/mol. The Morgan fingerprint density at radius 1 is 1.14 bits per heavy atom. The van der Waals surface area contributed by atoms with Crippen molar-refractivity contribution >= 4 is 24.3 Å². The summed E-state index contributed by atoms with van der Waals surface area (Å²) < 4.78 is 5.31. The minimum Gasteiger partial charge on any atom is -0.461 e. The molecule has 21 heavy (non-hydrogen) atoms. The van der Waals surface area contributed by atoms with Gasteiger partial charge >= 0.3 is 5.97 Å². The lowest BCUT2D eigenvalue weighted by Gasteiger charge is -2.42. The van der Waals surface area contributed by atoms with Gasteiger partial charge in [0.1, 0.15) is 6.10 Å². The van der Waals surface area contributed by atoms with Crippen LogP contribution in [0.25, 0.3) is 0 Å². The van der Waals surface area contributed by atoms with Gasteiger partial charge in [0, 0.05) is 46.1 Å². The fourth-order valence-electron chi connectivity index (χ4n) is 3.59. The van der Waals surface area contributed by atoms with Crippen molar-refractivity contribution in [3.8, 4) is 0 Å². The van der Waals surface area contributed by atoms with E-state index in [0.29, 0.717) is 12.1 Å². The van der Waals surface area contributed by atoms with Gasteiger partial charge in [0.05, 0.1) is 0 Å². The number of ether oxygens (including phenoxy) is 1. The molecule has 1 amide bonds. The number of halogens is 1. The summed E-state index contributed by atoms with van der Waals surface area (Å²) in [5, 5.41) is 0. The topological polar surface area (TPSA) is 49.9 Å². The van der Waals surface area contributed by atoms with Gasteiger partial charge in [-0.25, -0.2) is 0 Å². The standard InChI is InChI=1S/C15H26N2O3.ClH/c1-11(18)16(3)14-6-4-5-7-15(14)17-9-8-13(10-17)20-12(2)19;/h13-15H,4-10H2,1-3H3;1H. The second-order valence-electron chi connectivity index (χ2n) is 6.06. The number of carbonyl (C=O) groups is 2. The van der Waals surface area contributed by atoms with Gasteiger partial charge in [-0.1, -0.05) is 12.8 Å². The highest BCUT2D eigenvalue weighted by atomic mass is 35.5. The van der Waals surface area contributed by atoms with Gasteiger partial charge in [-0.2, -0.15) is 0 Å². The highest BCUT2D eigenvalue weighted by Crippen LogP contribution is 2.29. The Bertz CT molecular complexity index is 378. The average Bonchev–Trinajstić information content (AvgIpc) is 2.85. The molecule has 0 N–H and O–H groups in total. The Morgan fingerprint density at radius 2 is 1.81 bits per heavy atom. The van der Waals surface area contributed by atoms with Gasteiger partial charge < -0.3 is 9.64 Å².